The van der Waals surface area contributed by atoms with Gasteiger partial charge in [-0.25, -0.2) is 9.78 Å². The van der Waals surface area contributed by atoms with Crippen LogP contribution in [-0.4, -0.2) is 69.9 Å². The topological polar surface area (TPSA) is 88.5 Å². The van der Waals surface area contributed by atoms with E-state index in [1.54, 1.807) is 18.6 Å². The lowest BCUT2D eigenvalue weighted by molar-refractivity contribution is -0.137. The average molecular weight is 450 g/mol. The van der Waals surface area contributed by atoms with Gasteiger partial charge in [0, 0.05) is 44.0 Å². The molecule has 33 heavy (non-hydrogen) atoms. The van der Waals surface area contributed by atoms with Gasteiger partial charge in [0.2, 0.25) is 5.91 Å². The Labute approximate surface area is 194 Å². The molecule has 2 aliphatic heterocycles. The molecular weight excluding hydrogens is 418 g/mol. The van der Waals surface area contributed by atoms with E-state index < -0.39 is 5.60 Å². The second kappa shape index (κ2) is 9.17. The second-order valence-corrected chi connectivity index (χ2v) is 9.50. The van der Waals surface area contributed by atoms with Gasteiger partial charge < -0.3 is 14.5 Å². The first kappa shape index (κ1) is 21.9. The summed E-state index contributed by atoms with van der Waals surface area (Å²) >= 11 is 0. The van der Waals surface area contributed by atoms with Crippen molar-refractivity contribution >= 4 is 11.9 Å². The van der Waals surface area contributed by atoms with Crippen LogP contribution < -0.4 is 0 Å². The molecule has 174 valence electrons. The molecule has 0 unspecified atom stereocenters. The van der Waals surface area contributed by atoms with Crippen molar-refractivity contribution in [3.8, 4) is 11.4 Å². The number of aromatic nitrogens is 3. The van der Waals surface area contributed by atoms with Crippen molar-refractivity contribution in [2.24, 2.45) is 5.92 Å². The number of piperidine rings is 1. The summed E-state index contributed by atoms with van der Waals surface area (Å²) in [6.45, 7) is 4.01. The van der Waals surface area contributed by atoms with Gasteiger partial charge in [-0.3, -0.25) is 14.8 Å². The van der Waals surface area contributed by atoms with E-state index >= 15 is 0 Å². The third kappa shape index (κ3) is 4.36. The predicted molar refractivity (Wildman–Crippen MR) is 122 cm³/mol. The molecule has 5 rings (SSSR count). The van der Waals surface area contributed by atoms with Gasteiger partial charge in [-0.15, -0.1) is 0 Å². The van der Waals surface area contributed by atoms with Gasteiger partial charge >= 0.3 is 5.97 Å². The number of ether oxygens (including phenoxy) is 1. The number of amides is 1. The minimum Gasteiger partial charge on any atom is -0.449 e. The van der Waals surface area contributed by atoms with E-state index in [9.17, 15) is 9.59 Å². The van der Waals surface area contributed by atoms with Crippen molar-refractivity contribution in [1.82, 2.24) is 24.8 Å². The number of likely N-dealkylation sites (N-methyl/N-ethyl adjacent to an activating group) is 1. The van der Waals surface area contributed by atoms with Gasteiger partial charge in [-0.1, -0.05) is 12.5 Å². The number of nitrogens with zero attached hydrogens (tertiary/aromatic N) is 5. The van der Waals surface area contributed by atoms with Gasteiger partial charge in [-0.05, 0) is 57.7 Å². The lowest BCUT2D eigenvalue weighted by atomic mass is 9.75. The van der Waals surface area contributed by atoms with E-state index in [0.29, 0.717) is 42.8 Å². The van der Waals surface area contributed by atoms with Crippen LogP contribution in [0.2, 0.25) is 0 Å². The SMILES string of the molecule is CN(CCN1CCCCC1)C(=O)C1CCC2(CC1)OC(=O)c1nc(-c3cnccn3)ccc12. The number of hydrogen-bond acceptors (Lipinski definition) is 7. The molecule has 1 spiro atoms. The molecule has 1 amide bonds. The molecule has 8 nitrogen and oxygen atoms in total. The maximum atomic E-state index is 13.1. The fraction of sp³-hybridized carbons (Fsp3) is 0.560. The maximum Gasteiger partial charge on any atom is 0.358 e. The zero-order chi connectivity index (χ0) is 22.8. The van der Waals surface area contributed by atoms with Crippen LogP contribution >= 0.6 is 0 Å². The van der Waals surface area contributed by atoms with Gasteiger partial charge in [-0.2, -0.15) is 0 Å². The minimum absolute atomic E-state index is 0.0171. The van der Waals surface area contributed by atoms with E-state index in [1.165, 1.54) is 19.3 Å². The number of likely N-dealkylation sites (tertiary alicyclic amines) is 1. The number of hydrogen-bond donors (Lipinski definition) is 0. The largest absolute Gasteiger partial charge is 0.449 e. The van der Waals surface area contributed by atoms with Crippen LogP contribution in [0.1, 0.15) is 61.0 Å². The van der Waals surface area contributed by atoms with Gasteiger partial charge in [0.25, 0.3) is 0 Å². The summed E-state index contributed by atoms with van der Waals surface area (Å²) in [5.74, 6) is -0.196. The van der Waals surface area contributed by atoms with E-state index in [2.05, 4.69) is 19.9 Å². The fourth-order valence-corrected chi connectivity index (χ4v) is 5.44. The smallest absolute Gasteiger partial charge is 0.358 e. The Morgan fingerprint density at radius 2 is 1.94 bits per heavy atom. The Hall–Kier alpha value is -2.87. The highest BCUT2D eigenvalue weighted by Crippen LogP contribution is 2.48. The second-order valence-electron chi connectivity index (χ2n) is 9.50. The molecule has 8 heteroatoms. The van der Waals surface area contributed by atoms with E-state index in [1.807, 2.05) is 24.1 Å². The summed E-state index contributed by atoms with van der Waals surface area (Å²) in [4.78, 5) is 43.0. The molecule has 0 atom stereocenters. The van der Waals surface area contributed by atoms with Crippen LogP contribution in [-0.2, 0) is 15.1 Å². The van der Waals surface area contributed by atoms with Crippen molar-refractivity contribution in [3.05, 3.63) is 42.0 Å². The van der Waals surface area contributed by atoms with E-state index in [4.69, 9.17) is 4.74 Å². The molecule has 3 aliphatic rings. The quantitative estimate of drug-likeness (QED) is 0.648. The summed E-state index contributed by atoms with van der Waals surface area (Å²) in [7, 11) is 1.92. The summed E-state index contributed by atoms with van der Waals surface area (Å²) in [6.07, 6.45) is 11.4. The zero-order valence-electron chi connectivity index (χ0n) is 19.2. The molecule has 0 radical (unpaired) electrons. The third-order valence-corrected chi connectivity index (χ3v) is 7.41. The van der Waals surface area contributed by atoms with Crippen molar-refractivity contribution in [2.45, 2.75) is 50.5 Å². The number of fused-ring (bicyclic) bond motifs is 2. The fourth-order valence-electron chi connectivity index (χ4n) is 5.44. The van der Waals surface area contributed by atoms with Gasteiger partial charge in [0.15, 0.2) is 5.69 Å². The lowest BCUT2D eigenvalue weighted by Gasteiger charge is -2.37. The molecule has 2 aromatic heterocycles. The molecule has 2 aromatic rings. The third-order valence-electron chi connectivity index (χ3n) is 7.41. The molecular formula is C25H31N5O3. The number of esters is 1. The molecule has 0 bridgehead atoms. The Kier molecular flexibility index (Phi) is 6.10. The normalized spacial score (nSPS) is 25.0. The first-order valence-corrected chi connectivity index (χ1v) is 12.0. The molecule has 1 saturated heterocycles. The molecule has 1 saturated carbocycles. The molecule has 1 aliphatic carbocycles. The Bertz CT molecular complexity index is 1010. The Morgan fingerprint density at radius 1 is 1.15 bits per heavy atom. The van der Waals surface area contributed by atoms with Crippen molar-refractivity contribution in [3.63, 3.8) is 0 Å². The van der Waals surface area contributed by atoms with Crippen LogP contribution in [0.5, 0.6) is 0 Å². The monoisotopic (exact) mass is 449 g/mol. The average Bonchev–Trinajstić information content (AvgIpc) is 3.14. The van der Waals surface area contributed by atoms with Crippen molar-refractivity contribution in [1.29, 1.82) is 0 Å². The van der Waals surface area contributed by atoms with Gasteiger partial charge in [0.1, 0.15) is 11.3 Å². The summed E-state index contributed by atoms with van der Waals surface area (Å²) in [5.41, 5.74) is 1.76. The zero-order valence-corrected chi connectivity index (χ0v) is 19.2. The number of carbonyl (C=O) groups excluding carboxylic acids is 2. The minimum atomic E-state index is -0.663. The lowest BCUT2D eigenvalue weighted by Crippen LogP contribution is -2.43. The Morgan fingerprint density at radius 3 is 2.67 bits per heavy atom. The van der Waals surface area contributed by atoms with Crippen LogP contribution in [0, 0.1) is 5.92 Å². The maximum absolute atomic E-state index is 13.1. The first-order chi connectivity index (χ1) is 16.1. The molecule has 4 heterocycles. The first-order valence-electron chi connectivity index (χ1n) is 12.0. The highest BCUT2D eigenvalue weighted by Gasteiger charge is 2.49. The summed E-state index contributed by atoms with van der Waals surface area (Å²) < 4.78 is 5.90. The molecule has 0 N–H and O–H groups in total. The van der Waals surface area contributed by atoms with Crippen LogP contribution in [0.3, 0.4) is 0 Å². The molecule has 2 fully saturated rings. The summed E-state index contributed by atoms with van der Waals surface area (Å²) in [5, 5.41) is 0. The van der Waals surface area contributed by atoms with Gasteiger partial charge in [0.05, 0.1) is 11.9 Å². The van der Waals surface area contributed by atoms with E-state index in [-0.39, 0.29) is 17.8 Å². The van der Waals surface area contributed by atoms with Crippen LogP contribution in [0.25, 0.3) is 11.4 Å². The number of pyridine rings is 1. The number of rotatable bonds is 5. The standard InChI is InChI=1S/C25H31N5O3/c1-29(15-16-30-13-3-2-4-14-30)23(31)18-7-9-25(10-8-18)19-5-6-20(21-17-26-11-12-27-21)28-22(19)24(32)33-25/h5-6,11-12,17-18H,2-4,7-10,13-16H2,1H3. The van der Waals surface area contributed by atoms with E-state index in [0.717, 1.165) is 31.7 Å². The van der Waals surface area contributed by atoms with Crippen molar-refractivity contribution in [2.75, 3.05) is 33.2 Å². The predicted octanol–water partition coefficient (Wildman–Crippen LogP) is 3.04. The molecule has 0 aromatic carbocycles. The highest BCUT2D eigenvalue weighted by molar-refractivity contribution is 5.93. The van der Waals surface area contributed by atoms with Crippen LogP contribution in [0.15, 0.2) is 30.7 Å². The Balaban J connectivity index is 1.22. The summed E-state index contributed by atoms with van der Waals surface area (Å²) in [6, 6.07) is 3.81. The van der Waals surface area contributed by atoms with Crippen molar-refractivity contribution < 1.29 is 14.3 Å². The van der Waals surface area contributed by atoms with Crippen LogP contribution in [0.4, 0.5) is 0 Å². The highest BCUT2D eigenvalue weighted by atomic mass is 16.6. The number of carbonyl (C=O) groups is 2.